The fraction of sp³-hybridized carbons (Fsp3) is 1.00. The summed E-state index contributed by atoms with van der Waals surface area (Å²) < 4.78 is 13.2. The normalized spacial score (nSPS) is 44.7. The Labute approximate surface area is 66.8 Å². The number of hydrogen-bond acceptors (Lipinski definition) is 1. The molecule has 0 aromatic rings. The topological polar surface area (TPSA) is 12.0 Å². The largest absolute Gasteiger partial charge is 0.282 e. The molecule has 0 amide bonds. The van der Waals surface area contributed by atoms with Gasteiger partial charge in [0.05, 0.1) is 0 Å². The van der Waals surface area contributed by atoms with E-state index in [-0.39, 0.29) is 12.4 Å². The molecule has 0 aromatic carbocycles. The van der Waals surface area contributed by atoms with Crippen LogP contribution in [0.25, 0.3) is 0 Å². The van der Waals surface area contributed by atoms with Gasteiger partial charge in [-0.1, -0.05) is 0 Å². The van der Waals surface area contributed by atoms with E-state index in [9.17, 15) is 4.39 Å². The van der Waals surface area contributed by atoms with Crippen molar-refractivity contribution in [1.82, 2.24) is 5.32 Å². The van der Waals surface area contributed by atoms with Gasteiger partial charge in [-0.05, 0) is 32.1 Å². The van der Waals surface area contributed by atoms with Crippen LogP contribution in [0.5, 0.6) is 0 Å². The summed E-state index contributed by atoms with van der Waals surface area (Å²) in [5, 5.41) is 3.00. The van der Waals surface area contributed by atoms with Gasteiger partial charge in [-0.2, -0.15) is 0 Å². The maximum absolute atomic E-state index is 13.2. The molecular weight excluding hydrogens is 153 g/mol. The van der Waals surface area contributed by atoms with Crippen molar-refractivity contribution in [2.24, 2.45) is 0 Å². The molecule has 2 bridgehead atoms. The van der Waals surface area contributed by atoms with E-state index < -0.39 is 5.79 Å². The van der Waals surface area contributed by atoms with Crippen molar-refractivity contribution in [1.29, 1.82) is 0 Å². The summed E-state index contributed by atoms with van der Waals surface area (Å²) in [5.41, 5.74) is 0. The lowest BCUT2D eigenvalue weighted by Gasteiger charge is -2.26. The third-order valence-corrected chi connectivity index (χ3v) is 2.48. The lowest BCUT2D eigenvalue weighted by Crippen LogP contribution is -2.42. The summed E-state index contributed by atoms with van der Waals surface area (Å²) in [7, 11) is 0. The first-order valence-electron chi connectivity index (χ1n) is 3.75. The fourth-order valence-corrected chi connectivity index (χ4v) is 1.96. The van der Waals surface area contributed by atoms with Gasteiger partial charge < -0.3 is 0 Å². The lowest BCUT2D eigenvalue weighted by molar-refractivity contribution is 0.100. The minimum Gasteiger partial charge on any atom is -0.282 e. The maximum Gasteiger partial charge on any atom is 0.161 e. The van der Waals surface area contributed by atoms with Crippen LogP contribution in [0.4, 0.5) is 4.39 Å². The van der Waals surface area contributed by atoms with Crippen LogP contribution in [-0.4, -0.2) is 11.8 Å². The first-order valence-corrected chi connectivity index (χ1v) is 3.75. The number of rotatable bonds is 0. The second kappa shape index (κ2) is 2.67. The van der Waals surface area contributed by atoms with Gasteiger partial charge in [-0.15, -0.1) is 12.4 Å². The van der Waals surface area contributed by atoms with E-state index in [0.717, 1.165) is 25.7 Å². The first kappa shape index (κ1) is 8.28. The number of piperidine rings is 1. The Morgan fingerprint density at radius 1 is 1.30 bits per heavy atom. The van der Waals surface area contributed by atoms with Gasteiger partial charge in [0.2, 0.25) is 0 Å². The molecular formula is C7H13ClFN. The zero-order chi connectivity index (χ0) is 6.32. The van der Waals surface area contributed by atoms with Crippen LogP contribution in [0.3, 0.4) is 0 Å². The summed E-state index contributed by atoms with van der Waals surface area (Å²) in [6.45, 7) is 0. The highest BCUT2D eigenvalue weighted by molar-refractivity contribution is 5.85. The van der Waals surface area contributed by atoms with E-state index in [1.54, 1.807) is 0 Å². The van der Waals surface area contributed by atoms with Gasteiger partial charge in [0.25, 0.3) is 0 Å². The highest BCUT2D eigenvalue weighted by atomic mass is 35.5. The molecule has 2 saturated heterocycles. The Bertz CT molecular complexity index is 127. The minimum absolute atomic E-state index is 0. The summed E-state index contributed by atoms with van der Waals surface area (Å²) in [5.74, 6) is -0.955. The first-order chi connectivity index (χ1) is 4.29. The Hall–Kier alpha value is 0.180. The summed E-state index contributed by atoms with van der Waals surface area (Å²) in [4.78, 5) is 0. The Morgan fingerprint density at radius 3 is 2.70 bits per heavy atom. The van der Waals surface area contributed by atoms with Crippen molar-refractivity contribution in [3.63, 3.8) is 0 Å². The molecule has 1 nitrogen and oxygen atoms in total. The number of halogens is 2. The van der Waals surface area contributed by atoms with Gasteiger partial charge in [-0.3, -0.25) is 5.32 Å². The van der Waals surface area contributed by atoms with Gasteiger partial charge in [0, 0.05) is 6.04 Å². The maximum atomic E-state index is 13.2. The second-order valence-corrected chi connectivity index (χ2v) is 3.24. The Morgan fingerprint density at radius 2 is 2.10 bits per heavy atom. The highest BCUT2D eigenvalue weighted by Crippen LogP contribution is 2.36. The van der Waals surface area contributed by atoms with E-state index in [4.69, 9.17) is 0 Å². The van der Waals surface area contributed by atoms with Crippen molar-refractivity contribution in [3.8, 4) is 0 Å². The highest BCUT2D eigenvalue weighted by Gasteiger charge is 2.41. The van der Waals surface area contributed by atoms with Crippen molar-refractivity contribution in [2.75, 3.05) is 0 Å². The molecule has 2 rings (SSSR count). The van der Waals surface area contributed by atoms with Crippen molar-refractivity contribution < 1.29 is 4.39 Å². The van der Waals surface area contributed by atoms with Gasteiger partial charge >= 0.3 is 0 Å². The predicted octanol–water partition coefficient (Wildman–Crippen LogP) is 2.01. The predicted molar refractivity (Wildman–Crippen MR) is 41.1 cm³/mol. The molecule has 0 aliphatic carbocycles. The zero-order valence-corrected chi connectivity index (χ0v) is 6.72. The molecule has 60 valence electrons. The quantitative estimate of drug-likeness (QED) is 0.542. The van der Waals surface area contributed by atoms with Gasteiger partial charge in [0.15, 0.2) is 5.79 Å². The summed E-state index contributed by atoms with van der Waals surface area (Å²) in [6.07, 6.45) is 4.80. The van der Waals surface area contributed by atoms with E-state index in [0.29, 0.717) is 6.04 Å². The molecule has 2 fully saturated rings. The third kappa shape index (κ3) is 1.28. The average Bonchev–Trinajstić information content (AvgIpc) is 2.07. The molecule has 2 unspecified atom stereocenters. The van der Waals surface area contributed by atoms with Gasteiger partial charge in [0.1, 0.15) is 0 Å². The molecule has 3 heteroatoms. The van der Waals surface area contributed by atoms with E-state index in [2.05, 4.69) is 5.32 Å². The van der Waals surface area contributed by atoms with Crippen molar-refractivity contribution >= 4 is 12.4 Å². The van der Waals surface area contributed by atoms with E-state index >= 15 is 0 Å². The van der Waals surface area contributed by atoms with Crippen LogP contribution in [0.2, 0.25) is 0 Å². The number of hydrogen-bond donors (Lipinski definition) is 1. The fourth-order valence-electron chi connectivity index (χ4n) is 1.96. The van der Waals surface area contributed by atoms with Crippen molar-refractivity contribution in [2.45, 2.75) is 43.9 Å². The van der Waals surface area contributed by atoms with Crippen LogP contribution >= 0.6 is 12.4 Å². The Balaban J connectivity index is 0.000000500. The van der Waals surface area contributed by atoms with Crippen LogP contribution in [-0.2, 0) is 0 Å². The van der Waals surface area contributed by atoms with E-state index in [1.165, 1.54) is 6.42 Å². The minimum atomic E-state index is -0.955. The SMILES string of the molecule is Cl.FC12CCCC(CC1)N2. The molecule has 0 spiro atoms. The lowest BCUT2D eigenvalue weighted by atomic mass is 10.0. The monoisotopic (exact) mass is 165 g/mol. The number of fused-ring (bicyclic) bond motifs is 2. The molecule has 1 N–H and O–H groups in total. The molecule has 0 radical (unpaired) electrons. The summed E-state index contributed by atoms with van der Waals surface area (Å²) >= 11 is 0. The number of nitrogens with one attached hydrogen (secondary N) is 1. The van der Waals surface area contributed by atoms with Crippen LogP contribution in [0.15, 0.2) is 0 Å². The molecule has 2 aliphatic heterocycles. The standard InChI is InChI=1S/C7H12FN.ClH/c8-7-4-1-2-6(9-7)3-5-7;/h6,9H,1-5H2;1H. The molecule has 2 heterocycles. The third-order valence-electron chi connectivity index (χ3n) is 2.48. The van der Waals surface area contributed by atoms with Crippen LogP contribution in [0.1, 0.15) is 32.1 Å². The summed E-state index contributed by atoms with van der Waals surface area (Å²) in [6, 6.07) is 0.503. The Kier molecular flexibility index (Phi) is 2.21. The van der Waals surface area contributed by atoms with Crippen LogP contribution in [0, 0.1) is 0 Å². The number of alkyl halides is 1. The average molecular weight is 166 g/mol. The molecule has 0 saturated carbocycles. The van der Waals surface area contributed by atoms with Gasteiger partial charge in [-0.25, -0.2) is 4.39 Å². The zero-order valence-electron chi connectivity index (χ0n) is 5.90. The molecule has 0 aromatic heterocycles. The molecule has 2 aliphatic rings. The van der Waals surface area contributed by atoms with Crippen molar-refractivity contribution in [3.05, 3.63) is 0 Å². The smallest absolute Gasteiger partial charge is 0.161 e. The second-order valence-electron chi connectivity index (χ2n) is 3.24. The molecule has 2 atom stereocenters. The molecule has 10 heavy (non-hydrogen) atoms. The van der Waals surface area contributed by atoms with Crippen LogP contribution < -0.4 is 5.32 Å². The van der Waals surface area contributed by atoms with E-state index in [1.807, 2.05) is 0 Å².